The number of phenolic OH excluding ortho intramolecular Hbond substituents is 1. The summed E-state index contributed by atoms with van der Waals surface area (Å²) in [7, 11) is 0. The lowest BCUT2D eigenvalue weighted by molar-refractivity contribution is -0.662. The van der Waals surface area contributed by atoms with Gasteiger partial charge in [0.15, 0.2) is 0 Å². The molecule has 0 spiro atoms. The zero-order chi connectivity index (χ0) is 18.8. The number of carbonyl (C=O) groups excluding carboxylic acids is 1. The molecule has 1 heterocycles. The highest BCUT2D eigenvalue weighted by atomic mass is 16.3. The van der Waals surface area contributed by atoms with Crippen LogP contribution in [0.5, 0.6) is 5.75 Å². The van der Waals surface area contributed by atoms with Crippen molar-refractivity contribution >= 4 is 5.91 Å². The maximum absolute atomic E-state index is 12.5. The Balaban J connectivity index is 2.23. The van der Waals surface area contributed by atoms with Crippen LogP contribution in [0.3, 0.4) is 0 Å². The Morgan fingerprint density at radius 3 is 1.96 bits per heavy atom. The van der Waals surface area contributed by atoms with Crippen molar-refractivity contribution in [1.82, 2.24) is 4.90 Å². The van der Waals surface area contributed by atoms with E-state index in [-0.39, 0.29) is 16.7 Å². The van der Waals surface area contributed by atoms with Gasteiger partial charge >= 0.3 is 0 Å². The van der Waals surface area contributed by atoms with Crippen molar-refractivity contribution in [2.75, 3.05) is 26.2 Å². The van der Waals surface area contributed by atoms with Crippen LogP contribution >= 0.6 is 0 Å². The van der Waals surface area contributed by atoms with E-state index >= 15 is 0 Å². The molecule has 1 aliphatic rings. The van der Waals surface area contributed by atoms with Crippen LogP contribution in [0.4, 0.5) is 0 Å². The Morgan fingerprint density at radius 1 is 1.04 bits per heavy atom. The molecule has 1 amide bonds. The van der Waals surface area contributed by atoms with Gasteiger partial charge in [0, 0.05) is 6.42 Å². The van der Waals surface area contributed by atoms with Crippen molar-refractivity contribution in [3.05, 3.63) is 28.8 Å². The third-order valence-corrected chi connectivity index (χ3v) is 4.97. The highest BCUT2D eigenvalue weighted by Crippen LogP contribution is 2.39. The first-order valence-corrected chi connectivity index (χ1v) is 9.46. The highest BCUT2D eigenvalue weighted by Gasteiger charge is 2.27. The van der Waals surface area contributed by atoms with Gasteiger partial charge < -0.3 is 15.3 Å². The van der Waals surface area contributed by atoms with Gasteiger partial charge in [-0.25, -0.2) is 0 Å². The molecule has 0 unspecified atom stereocenters. The summed E-state index contributed by atoms with van der Waals surface area (Å²) in [6, 6.07) is 4.17. The minimum absolute atomic E-state index is 0.132. The SMILES string of the molecule is CC(C)(C)c1cc(CCC(=O)N2CC[NH2+]CC2)cc(C(C)(C)C)c1O. The lowest BCUT2D eigenvalue weighted by atomic mass is 9.78. The van der Waals surface area contributed by atoms with Crippen molar-refractivity contribution in [2.45, 2.75) is 65.2 Å². The van der Waals surface area contributed by atoms with Gasteiger partial charge in [-0.05, 0) is 33.9 Å². The highest BCUT2D eigenvalue weighted by molar-refractivity contribution is 5.76. The maximum atomic E-state index is 12.5. The zero-order valence-corrected chi connectivity index (χ0v) is 16.8. The van der Waals surface area contributed by atoms with E-state index < -0.39 is 0 Å². The summed E-state index contributed by atoms with van der Waals surface area (Å²) in [5.41, 5.74) is 2.81. The number of hydrogen-bond donors (Lipinski definition) is 2. The number of nitrogens with zero attached hydrogens (tertiary/aromatic N) is 1. The van der Waals surface area contributed by atoms with Crippen LogP contribution in [0.1, 0.15) is 64.7 Å². The van der Waals surface area contributed by atoms with Crippen LogP contribution in [-0.4, -0.2) is 42.1 Å². The number of aryl methyl sites for hydroxylation is 1. The zero-order valence-electron chi connectivity index (χ0n) is 16.8. The number of phenols is 1. The van der Waals surface area contributed by atoms with E-state index in [1.165, 1.54) is 0 Å². The number of benzene rings is 1. The number of nitrogens with two attached hydrogens (primary N) is 1. The lowest BCUT2D eigenvalue weighted by Crippen LogP contribution is -2.89. The molecule has 0 aliphatic carbocycles. The molecule has 4 heteroatoms. The molecule has 1 aliphatic heterocycles. The van der Waals surface area contributed by atoms with E-state index in [1.807, 2.05) is 4.90 Å². The fraction of sp³-hybridized carbons (Fsp3) is 0.667. The van der Waals surface area contributed by atoms with E-state index in [0.717, 1.165) is 49.3 Å². The Hall–Kier alpha value is -1.55. The quantitative estimate of drug-likeness (QED) is 0.882. The summed E-state index contributed by atoms with van der Waals surface area (Å²) in [6.07, 6.45) is 1.27. The minimum atomic E-state index is -0.132. The molecule has 1 aromatic rings. The molecule has 1 saturated heterocycles. The van der Waals surface area contributed by atoms with Gasteiger partial charge in [0.05, 0.1) is 26.2 Å². The second-order valence-electron chi connectivity index (χ2n) is 9.29. The molecule has 0 radical (unpaired) electrons. The molecule has 1 aromatic carbocycles. The first kappa shape index (κ1) is 19.8. The average molecular weight is 348 g/mol. The fourth-order valence-corrected chi connectivity index (χ4v) is 3.39. The molecular formula is C21H35N2O2+. The van der Waals surface area contributed by atoms with Crippen molar-refractivity contribution in [1.29, 1.82) is 0 Å². The Kier molecular flexibility index (Phi) is 5.82. The van der Waals surface area contributed by atoms with Crippen LogP contribution < -0.4 is 5.32 Å². The van der Waals surface area contributed by atoms with Crippen molar-refractivity contribution in [3.63, 3.8) is 0 Å². The van der Waals surface area contributed by atoms with E-state index in [2.05, 4.69) is 59.0 Å². The molecule has 2 rings (SSSR count). The molecule has 0 aromatic heterocycles. The largest absolute Gasteiger partial charge is 0.507 e. The molecule has 0 bridgehead atoms. The van der Waals surface area contributed by atoms with Crippen LogP contribution in [0, 0.1) is 0 Å². The van der Waals surface area contributed by atoms with Gasteiger partial charge in [-0.3, -0.25) is 4.79 Å². The normalized spacial score (nSPS) is 16.2. The third kappa shape index (κ3) is 4.97. The fourth-order valence-electron chi connectivity index (χ4n) is 3.39. The van der Waals surface area contributed by atoms with Gasteiger partial charge in [-0.15, -0.1) is 0 Å². The molecule has 0 atom stereocenters. The van der Waals surface area contributed by atoms with Crippen molar-refractivity contribution < 1.29 is 15.2 Å². The smallest absolute Gasteiger partial charge is 0.223 e. The number of piperazine rings is 1. The molecule has 140 valence electrons. The number of amides is 1. The molecule has 3 N–H and O–H groups in total. The second-order valence-corrected chi connectivity index (χ2v) is 9.29. The van der Waals surface area contributed by atoms with Gasteiger partial charge in [-0.2, -0.15) is 0 Å². The van der Waals surface area contributed by atoms with Gasteiger partial charge in [-0.1, -0.05) is 53.7 Å². The number of aromatic hydroxyl groups is 1. The van der Waals surface area contributed by atoms with Gasteiger partial charge in [0.1, 0.15) is 5.75 Å². The molecule has 4 nitrogen and oxygen atoms in total. The summed E-state index contributed by atoms with van der Waals surface area (Å²) in [5, 5.41) is 13.0. The number of carbonyl (C=O) groups is 1. The van der Waals surface area contributed by atoms with Crippen LogP contribution in [0.15, 0.2) is 12.1 Å². The Labute approximate surface area is 152 Å². The van der Waals surface area contributed by atoms with Crippen molar-refractivity contribution in [2.24, 2.45) is 0 Å². The predicted molar refractivity (Wildman–Crippen MR) is 102 cm³/mol. The van der Waals surface area contributed by atoms with Crippen LogP contribution in [-0.2, 0) is 22.0 Å². The second kappa shape index (κ2) is 7.36. The minimum Gasteiger partial charge on any atom is -0.507 e. The number of rotatable bonds is 3. The summed E-state index contributed by atoms with van der Waals surface area (Å²) in [4.78, 5) is 14.4. The predicted octanol–water partition coefficient (Wildman–Crippen LogP) is 2.33. The van der Waals surface area contributed by atoms with Crippen LogP contribution in [0.2, 0.25) is 0 Å². The van der Waals surface area contributed by atoms with Crippen molar-refractivity contribution in [3.8, 4) is 5.75 Å². The molecule has 1 fully saturated rings. The van der Waals surface area contributed by atoms with E-state index in [1.54, 1.807) is 0 Å². The first-order valence-electron chi connectivity index (χ1n) is 9.46. The Morgan fingerprint density at radius 2 is 1.52 bits per heavy atom. The standard InChI is InChI=1S/C21H34N2O2/c1-20(2,3)16-13-15(14-17(19(16)25)21(4,5)6)7-8-18(24)23-11-9-22-10-12-23/h13-14,22,25H,7-12H2,1-6H3/p+1. The maximum Gasteiger partial charge on any atom is 0.223 e. The summed E-state index contributed by atoms with van der Waals surface area (Å²) >= 11 is 0. The third-order valence-electron chi connectivity index (χ3n) is 4.97. The van der Waals surface area contributed by atoms with Gasteiger partial charge in [0.25, 0.3) is 0 Å². The lowest BCUT2D eigenvalue weighted by Gasteiger charge is -2.28. The molecular weight excluding hydrogens is 312 g/mol. The Bertz CT molecular complexity index is 583. The summed E-state index contributed by atoms with van der Waals surface area (Å²) < 4.78 is 0. The number of quaternary nitrogens is 1. The molecule has 25 heavy (non-hydrogen) atoms. The van der Waals surface area contributed by atoms with E-state index in [9.17, 15) is 9.90 Å². The van der Waals surface area contributed by atoms with Crippen LogP contribution in [0.25, 0.3) is 0 Å². The monoisotopic (exact) mass is 347 g/mol. The first-order chi connectivity index (χ1) is 11.5. The summed E-state index contributed by atoms with van der Waals surface area (Å²) in [5.74, 6) is 0.650. The van der Waals surface area contributed by atoms with Gasteiger partial charge in [0.2, 0.25) is 5.91 Å². The topological polar surface area (TPSA) is 57.2 Å². The van der Waals surface area contributed by atoms with E-state index in [0.29, 0.717) is 12.2 Å². The number of hydrogen-bond acceptors (Lipinski definition) is 2. The molecule has 0 saturated carbocycles. The van der Waals surface area contributed by atoms with E-state index in [4.69, 9.17) is 0 Å². The average Bonchev–Trinajstić information content (AvgIpc) is 2.52. The summed E-state index contributed by atoms with van der Waals surface area (Å²) in [6.45, 7) is 16.4.